The van der Waals surface area contributed by atoms with Gasteiger partial charge in [-0.05, 0) is 37.7 Å². The maximum Gasteiger partial charge on any atom is 0.110 e. The zero-order chi connectivity index (χ0) is 11.9. The van der Waals surface area contributed by atoms with Crippen LogP contribution in [0.3, 0.4) is 0 Å². The van der Waals surface area contributed by atoms with Crippen LogP contribution in [0, 0.1) is 24.2 Å². The van der Waals surface area contributed by atoms with Gasteiger partial charge < -0.3 is 0 Å². The first kappa shape index (κ1) is 10.8. The Hall–Kier alpha value is -1.33. The van der Waals surface area contributed by atoms with Crippen LogP contribution in [-0.4, -0.2) is 17.0 Å². The van der Waals surface area contributed by atoms with Crippen molar-refractivity contribution in [2.75, 3.05) is 6.54 Å². The maximum atomic E-state index is 9.39. The molecule has 3 aliphatic rings. The number of aryl methyl sites for hydroxylation is 1. The normalized spacial score (nSPS) is 31.6. The highest BCUT2D eigenvalue weighted by molar-refractivity contribution is 5.24. The minimum Gasteiger partial charge on any atom is -0.281 e. The molecule has 1 aromatic carbocycles. The molecule has 2 heterocycles. The molecule has 4 rings (SSSR count). The fourth-order valence-corrected chi connectivity index (χ4v) is 3.22. The fraction of sp³-hybridized carbons (Fsp3) is 0.533. The predicted molar refractivity (Wildman–Crippen MR) is 67.3 cm³/mol. The second-order valence-electron chi connectivity index (χ2n) is 5.61. The van der Waals surface area contributed by atoms with Crippen LogP contribution >= 0.6 is 0 Å². The molecule has 2 bridgehead atoms. The summed E-state index contributed by atoms with van der Waals surface area (Å²) in [6.07, 6.45) is 3.46. The van der Waals surface area contributed by atoms with Crippen molar-refractivity contribution in [3.8, 4) is 6.07 Å². The number of piperidine rings is 2. The Bertz CT molecular complexity index is 449. The number of benzene rings is 1. The summed E-state index contributed by atoms with van der Waals surface area (Å²) in [5, 5.41) is 9.39. The minimum absolute atomic E-state index is 0.131. The Morgan fingerprint density at radius 3 is 2.71 bits per heavy atom. The van der Waals surface area contributed by atoms with E-state index in [4.69, 9.17) is 0 Å². The van der Waals surface area contributed by atoms with Gasteiger partial charge in [-0.15, -0.1) is 0 Å². The molecule has 2 saturated heterocycles. The predicted octanol–water partition coefficient (Wildman–Crippen LogP) is 2.87. The van der Waals surface area contributed by atoms with Crippen molar-refractivity contribution in [1.82, 2.24) is 4.90 Å². The zero-order valence-corrected chi connectivity index (χ0v) is 10.3. The van der Waals surface area contributed by atoms with Crippen LogP contribution in [0.5, 0.6) is 0 Å². The topological polar surface area (TPSA) is 27.0 Å². The summed E-state index contributed by atoms with van der Waals surface area (Å²) >= 11 is 0. The molecule has 3 fully saturated rings. The van der Waals surface area contributed by atoms with Crippen LogP contribution in [0.2, 0.25) is 0 Å². The van der Waals surface area contributed by atoms with Crippen LogP contribution in [-0.2, 0) is 6.54 Å². The molecule has 0 aromatic heterocycles. The average molecular weight is 226 g/mol. The summed E-state index contributed by atoms with van der Waals surface area (Å²) in [5.41, 5.74) is 2.50. The molecule has 1 saturated carbocycles. The molecule has 88 valence electrons. The molecule has 2 nitrogen and oxygen atoms in total. The molecule has 1 aliphatic carbocycles. The number of hydrogen-bond acceptors (Lipinski definition) is 2. The summed E-state index contributed by atoms with van der Waals surface area (Å²) in [5.74, 6) is 0.823. The third-order valence-corrected chi connectivity index (χ3v) is 4.37. The van der Waals surface area contributed by atoms with Gasteiger partial charge in [-0.2, -0.15) is 5.26 Å². The second kappa shape index (κ2) is 3.85. The van der Waals surface area contributed by atoms with E-state index in [0.717, 1.165) is 31.8 Å². The molecular weight excluding hydrogens is 208 g/mol. The van der Waals surface area contributed by atoms with Gasteiger partial charge in [0, 0.05) is 13.1 Å². The standard InChI is InChI=1S/C15H18N2/c1-12-2-4-13(5-3-12)10-17-7-6-14-8-15(17,9-14)11-16/h2-5,14H,6-10H2,1H3. The van der Waals surface area contributed by atoms with E-state index < -0.39 is 0 Å². The lowest BCUT2D eigenvalue weighted by atomic mass is 9.63. The first-order valence-corrected chi connectivity index (χ1v) is 6.44. The monoisotopic (exact) mass is 226 g/mol. The van der Waals surface area contributed by atoms with Crippen LogP contribution in [0.4, 0.5) is 0 Å². The molecule has 0 radical (unpaired) electrons. The first-order valence-electron chi connectivity index (χ1n) is 6.44. The van der Waals surface area contributed by atoms with Crippen molar-refractivity contribution >= 4 is 0 Å². The summed E-state index contributed by atoms with van der Waals surface area (Å²) in [4.78, 5) is 2.39. The molecule has 0 N–H and O–H groups in total. The number of rotatable bonds is 2. The van der Waals surface area contributed by atoms with Crippen LogP contribution in [0.15, 0.2) is 24.3 Å². The Balaban J connectivity index is 1.76. The first-order chi connectivity index (χ1) is 8.22. The highest BCUT2D eigenvalue weighted by atomic mass is 15.2. The SMILES string of the molecule is Cc1ccc(CN2CCC3CC2(C#N)C3)cc1. The van der Waals surface area contributed by atoms with Crippen LogP contribution < -0.4 is 0 Å². The van der Waals surface area contributed by atoms with Crippen molar-refractivity contribution in [2.24, 2.45) is 5.92 Å². The van der Waals surface area contributed by atoms with E-state index in [9.17, 15) is 5.26 Å². The van der Waals surface area contributed by atoms with Gasteiger partial charge in [0.2, 0.25) is 0 Å². The summed E-state index contributed by atoms with van der Waals surface area (Å²) in [6, 6.07) is 11.2. The Labute approximate surface area is 103 Å². The van der Waals surface area contributed by atoms with Crippen LogP contribution in [0.1, 0.15) is 30.4 Å². The van der Waals surface area contributed by atoms with E-state index in [1.807, 2.05) is 0 Å². The Kier molecular flexibility index (Phi) is 2.45. The highest BCUT2D eigenvalue weighted by Crippen LogP contribution is 2.48. The zero-order valence-electron chi connectivity index (χ0n) is 10.3. The van der Waals surface area contributed by atoms with E-state index in [1.165, 1.54) is 17.5 Å². The molecule has 0 unspecified atom stereocenters. The largest absolute Gasteiger partial charge is 0.281 e. The summed E-state index contributed by atoms with van der Waals surface area (Å²) < 4.78 is 0. The van der Waals surface area contributed by atoms with E-state index in [0.29, 0.717) is 0 Å². The van der Waals surface area contributed by atoms with E-state index in [1.54, 1.807) is 0 Å². The van der Waals surface area contributed by atoms with E-state index in [2.05, 4.69) is 42.2 Å². The van der Waals surface area contributed by atoms with Gasteiger partial charge in [0.1, 0.15) is 5.54 Å². The Morgan fingerprint density at radius 1 is 1.35 bits per heavy atom. The molecule has 2 heteroatoms. The van der Waals surface area contributed by atoms with Crippen molar-refractivity contribution < 1.29 is 0 Å². The van der Waals surface area contributed by atoms with Crippen molar-refractivity contribution in [3.05, 3.63) is 35.4 Å². The van der Waals surface area contributed by atoms with Gasteiger partial charge in [0.25, 0.3) is 0 Å². The lowest BCUT2D eigenvalue weighted by molar-refractivity contribution is -0.0431. The molecule has 0 amide bonds. The van der Waals surface area contributed by atoms with Crippen molar-refractivity contribution in [3.63, 3.8) is 0 Å². The summed E-state index contributed by atoms with van der Waals surface area (Å²) in [7, 11) is 0. The van der Waals surface area contributed by atoms with Crippen molar-refractivity contribution in [2.45, 2.75) is 38.3 Å². The second-order valence-corrected chi connectivity index (χ2v) is 5.61. The molecule has 0 spiro atoms. The van der Waals surface area contributed by atoms with Crippen LogP contribution in [0.25, 0.3) is 0 Å². The van der Waals surface area contributed by atoms with Crippen molar-refractivity contribution in [1.29, 1.82) is 5.26 Å². The third-order valence-electron chi connectivity index (χ3n) is 4.37. The smallest absolute Gasteiger partial charge is 0.110 e. The number of nitrogens with zero attached hydrogens (tertiary/aromatic N) is 2. The van der Waals surface area contributed by atoms with E-state index in [-0.39, 0.29) is 5.54 Å². The summed E-state index contributed by atoms with van der Waals surface area (Å²) in [6.45, 7) is 4.13. The lowest BCUT2D eigenvalue weighted by Crippen LogP contribution is -2.61. The molecule has 17 heavy (non-hydrogen) atoms. The molecule has 1 aromatic rings. The molecular formula is C15H18N2. The molecule has 0 atom stereocenters. The minimum atomic E-state index is -0.131. The lowest BCUT2D eigenvalue weighted by Gasteiger charge is -2.55. The van der Waals surface area contributed by atoms with Gasteiger partial charge in [-0.3, -0.25) is 4.90 Å². The van der Waals surface area contributed by atoms with Gasteiger partial charge in [0.15, 0.2) is 0 Å². The number of hydrogen-bond donors (Lipinski definition) is 0. The van der Waals surface area contributed by atoms with E-state index >= 15 is 0 Å². The number of nitriles is 1. The van der Waals surface area contributed by atoms with Gasteiger partial charge in [-0.1, -0.05) is 29.8 Å². The van der Waals surface area contributed by atoms with Gasteiger partial charge in [-0.25, -0.2) is 0 Å². The Morgan fingerprint density at radius 2 is 2.06 bits per heavy atom. The van der Waals surface area contributed by atoms with Gasteiger partial charge in [0.05, 0.1) is 6.07 Å². The molecule has 2 aliphatic heterocycles. The number of fused-ring (bicyclic) bond motifs is 2. The quantitative estimate of drug-likeness (QED) is 0.775. The average Bonchev–Trinajstić information content (AvgIpc) is 2.31. The maximum absolute atomic E-state index is 9.39. The fourth-order valence-electron chi connectivity index (χ4n) is 3.22. The third kappa shape index (κ3) is 1.75. The van der Waals surface area contributed by atoms with Gasteiger partial charge >= 0.3 is 0 Å². The highest BCUT2D eigenvalue weighted by Gasteiger charge is 2.52.